The first-order chi connectivity index (χ1) is 14.4. The highest BCUT2D eigenvalue weighted by Gasteiger charge is 2.24. The molecule has 1 aromatic carbocycles. The summed E-state index contributed by atoms with van der Waals surface area (Å²) in [7, 11) is -3.72. The fraction of sp³-hybridized carbons (Fsp3) is 0.400. The number of piperazine rings is 1. The summed E-state index contributed by atoms with van der Waals surface area (Å²) >= 11 is 1.08. The molecule has 1 aliphatic heterocycles. The predicted octanol–water partition coefficient (Wildman–Crippen LogP) is 1.27. The number of hydrogen-bond donors (Lipinski definition) is 2. The summed E-state index contributed by atoms with van der Waals surface area (Å²) < 4.78 is 26.9. The van der Waals surface area contributed by atoms with Gasteiger partial charge in [0.25, 0.3) is 10.0 Å². The summed E-state index contributed by atoms with van der Waals surface area (Å²) in [5.41, 5.74) is 1.15. The number of carbonyl (C=O) groups excluding carboxylic acids is 2. The minimum absolute atomic E-state index is 0.0187. The standard InChI is InChI=1S/C20H26N4O4S2/c1-16(22-30(27,28)19-8-5-15-29-19)20(26)21-10-9-18(25)24-13-11-23(12-14-24)17-6-3-2-4-7-17/h2-8,15-16,22H,9-14H2,1H3,(H,21,26). The maximum Gasteiger partial charge on any atom is 0.250 e. The fourth-order valence-corrected chi connectivity index (χ4v) is 5.43. The maximum absolute atomic E-state index is 12.4. The van der Waals surface area contributed by atoms with Gasteiger partial charge in [0.05, 0.1) is 6.04 Å². The van der Waals surface area contributed by atoms with E-state index in [9.17, 15) is 18.0 Å². The molecule has 1 atom stereocenters. The van der Waals surface area contributed by atoms with Gasteiger partial charge in [0.1, 0.15) is 4.21 Å². The Kier molecular flexibility index (Phi) is 7.46. The molecule has 0 spiro atoms. The average molecular weight is 451 g/mol. The van der Waals surface area contributed by atoms with E-state index in [0.717, 1.165) is 30.1 Å². The Morgan fingerprint density at radius 1 is 1.07 bits per heavy atom. The minimum atomic E-state index is -3.72. The van der Waals surface area contributed by atoms with E-state index in [1.165, 1.54) is 13.0 Å². The van der Waals surface area contributed by atoms with E-state index in [1.807, 2.05) is 18.2 Å². The number of benzene rings is 1. The largest absolute Gasteiger partial charge is 0.368 e. The topological polar surface area (TPSA) is 98.8 Å². The van der Waals surface area contributed by atoms with Crippen LogP contribution in [0.2, 0.25) is 0 Å². The van der Waals surface area contributed by atoms with E-state index < -0.39 is 22.0 Å². The van der Waals surface area contributed by atoms with Crippen LogP contribution in [0, 0.1) is 0 Å². The van der Waals surface area contributed by atoms with Crippen LogP contribution in [0.3, 0.4) is 0 Å². The Hall–Kier alpha value is -2.43. The number of rotatable bonds is 8. The van der Waals surface area contributed by atoms with Crippen molar-refractivity contribution >= 4 is 38.9 Å². The van der Waals surface area contributed by atoms with Crippen LogP contribution in [-0.4, -0.2) is 63.9 Å². The number of sulfonamides is 1. The first kappa shape index (κ1) is 22.3. The molecule has 30 heavy (non-hydrogen) atoms. The molecule has 8 nitrogen and oxygen atoms in total. The highest BCUT2D eigenvalue weighted by molar-refractivity contribution is 7.91. The van der Waals surface area contributed by atoms with Crippen molar-refractivity contribution in [2.45, 2.75) is 23.6 Å². The first-order valence-corrected chi connectivity index (χ1v) is 12.1. The zero-order valence-electron chi connectivity index (χ0n) is 16.8. The Morgan fingerprint density at radius 3 is 2.40 bits per heavy atom. The van der Waals surface area contributed by atoms with E-state index in [-0.39, 0.29) is 23.1 Å². The molecule has 1 aliphatic rings. The van der Waals surface area contributed by atoms with Crippen molar-refractivity contribution in [3.63, 3.8) is 0 Å². The fourth-order valence-electron chi connectivity index (χ4n) is 3.22. The number of para-hydroxylation sites is 1. The summed E-state index contributed by atoms with van der Waals surface area (Å²) in [6, 6.07) is 12.3. The van der Waals surface area contributed by atoms with Crippen molar-refractivity contribution in [1.29, 1.82) is 0 Å². The van der Waals surface area contributed by atoms with Gasteiger partial charge in [-0.15, -0.1) is 11.3 Å². The van der Waals surface area contributed by atoms with Gasteiger partial charge in [-0.3, -0.25) is 9.59 Å². The van der Waals surface area contributed by atoms with Gasteiger partial charge in [0.15, 0.2) is 0 Å². The normalized spacial score (nSPS) is 15.6. The highest BCUT2D eigenvalue weighted by atomic mass is 32.2. The minimum Gasteiger partial charge on any atom is -0.368 e. The van der Waals surface area contributed by atoms with Crippen LogP contribution in [0.5, 0.6) is 0 Å². The van der Waals surface area contributed by atoms with Gasteiger partial charge in [-0.2, -0.15) is 4.72 Å². The van der Waals surface area contributed by atoms with Crippen molar-refractivity contribution in [2.75, 3.05) is 37.6 Å². The van der Waals surface area contributed by atoms with Gasteiger partial charge in [-0.25, -0.2) is 8.42 Å². The summed E-state index contributed by atoms with van der Waals surface area (Å²) in [6.45, 7) is 4.46. The van der Waals surface area contributed by atoms with Crippen LogP contribution in [0.15, 0.2) is 52.1 Å². The summed E-state index contributed by atoms with van der Waals surface area (Å²) in [5, 5.41) is 4.29. The number of amides is 2. The SMILES string of the molecule is CC(NS(=O)(=O)c1cccs1)C(=O)NCCC(=O)N1CCN(c2ccccc2)CC1. The number of thiophene rings is 1. The van der Waals surface area contributed by atoms with Gasteiger partial charge < -0.3 is 15.1 Å². The monoisotopic (exact) mass is 450 g/mol. The van der Waals surface area contributed by atoms with Crippen molar-refractivity contribution in [1.82, 2.24) is 14.9 Å². The molecule has 0 radical (unpaired) electrons. The van der Waals surface area contributed by atoms with E-state index in [2.05, 4.69) is 27.1 Å². The lowest BCUT2D eigenvalue weighted by Gasteiger charge is -2.36. The third-order valence-corrected chi connectivity index (χ3v) is 7.82. The zero-order chi connectivity index (χ0) is 21.6. The van der Waals surface area contributed by atoms with E-state index in [1.54, 1.807) is 16.3 Å². The molecular weight excluding hydrogens is 424 g/mol. The van der Waals surface area contributed by atoms with Crippen LogP contribution in [0.4, 0.5) is 5.69 Å². The Labute approximate surface area is 180 Å². The van der Waals surface area contributed by atoms with Gasteiger partial charge in [-0.05, 0) is 30.5 Å². The van der Waals surface area contributed by atoms with Crippen molar-refractivity contribution in [3.05, 3.63) is 47.8 Å². The predicted molar refractivity (Wildman–Crippen MR) is 117 cm³/mol. The Bertz CT molecular complexity index is 940. The van der Waals surface area contributed by atoms with Gasteiger partial charge in [0.2, 0.25) is 11.8 Å². The molecule has 2 aromatic rings. The number of anilines is 1. The van der Waals surface area contributed by atoms with Gasteiger partial charge in [0, 0.05) is 44.8 Å². The molecule has 0 bridgehead atoms. The van der Waals surface area contributed by atoms with E-state index >= 15 is 0 Å². The van der Waals surface area contributed by atoms with Crippen LogP contribution >= 0.6 is 11.3 Å². The van der Waals surface area contributed by atoms with Crippen molar-refractivity contribution in [3.8, 4) is 0 Å². The third-order valence-electron chi connectivity index (χ3n) is 4.88. The van der Waals surface area contributed by atoms with Gasteiger partial charge >= 0.3 is 0 Å². The lowest BCUT2D eigenvalue weighted by atomic mass is 10.2. The van der Waals surface area contributed by atoms with E-state index in [4.69, 9.17) is 0 Å². The molecule has 3 rings (SSSR count). The molecule has 1 fully saturated rings. The molecule has 2 heterocycles. The summed E-state index contributed by atoms with van der Waals surface area (Å²) in [4.78, 5) is 28.6. The molecule has 0 saturated carbocycles. The number of carbonyl (C=O) groups is 2. The molecule has 2 N–H and O–H groups in total. The highest BCUT2D eigenvalue weighted by Crippen LogP contribution is 2.16. The van der Waals surface area contributed by atoms with Gasteiger partial charge in [-0.1, -0.05) is 24.3 Å². The molecule has 0 aliphatic carbocycles. The van der Waals surface area contributed by atoms with Crippen LogP contribution < -0.4 is 14.9 Å². The number of nitrogens with one attached hydrogen (secondary N) is 2. The zero-order valence-corrected chi connectivity index (χ0v) is 18.4. The molecular formula is C20H26N4O4S2. The van der Waals surface area contributed by atoms with Crippen LogP contribution in [0.1, 0.15) is 13.3 Å². The molecule has 1 aromatic heterocycles. The smallest absolute Gasteiger partial charge is 0.250 e. The lowest BCUT2D eigenvalue weighted by Crippen LogP contribution is -2.49. The average Bonchev–Trinajstić information content (AvgIpc) is 3.30. The second-order valence-electron chi connectivity index (χ2n) is 7.02. The first-order valence-electron chi connectivity index (χ1n) is 9.78. The number of nitrogens with zero attached hydrogens (tertiary/aromatic N) is 2. The molecule has 1 unspecified atom stereocenters. The quantitative estimate of drug-likeness (QED) is 0.631. The van der Waals surface area contributed by atoms with Crippen LogP contribution in [0.25, 0.3) is 0 Å². The summed E-state index contributed by atoms with van der Waals surface area (Å²) in [5.74, 6) is -0.480. The van der Waals surface area contributed by atoms with E-state index in [0.29, 0.717) is 13.1 Å². The molecule has 1 saturated heterocycles. The molecule has 2 amide bonds. The maximum atomic E-state index is 12.4. The second-order valence-corrected chi connectivity index (χ2v) is 9.91. The third kappa shape index (κ3) is 5.80. The molecule has 10 heteroatoms. The Morgan fingerprint density at radius 2 is 1.77 bits per heavy atom. The number of hydrogen-bond acceptors (Lipinski definition) is 6. The molecule has 162 valence electrons. The summed E-state index contributed by atoms with van der Waals surface area (Å²) in [6.07, 6.45) is 0.182. The van der Waals surface area contributed by atoms with Crippen molar-refractivity contribution in [2.24, 2.45) is 0 Å². The second kappa shape index (κ2) is 10.1. The van der Waals surface area contributed by atoms with Crippen LogP contribution in [-0.2, 0) is 19.6 Å². The lowest BCUT2D eigenvalue weighted by molar-refractivity contribution is -0.131. The Balaban J connectivity index is 1.38. The van der Waals surface area contributed by atoms with Crippen molar-refractivity contribution < 1.29 is 18.0 Å².